The lowest BCUT2D eigenvalue weighted by Gasteiger charge is -2.22. The second-order valence-electron chi connectivity index (χ2n) is 5.76. The number of hydrogen-bond donors (Lipinski definition) is 0. The fourth-order valence-electron chi connectivity index (χ4n) is 2.31. The largest absolute Gasteiger partial charge is 0.371 e. The molecular weight excluding hydrogens is 308 g/mol. The van der Waals surface area contributed by atoms with E-state index in [0.717, 1.165) is 5.69 Å². The van der Waals surface area contributed by atoms with Crippen LogP contribution in [-0.4, -0.2) is 73.2 Å². The number of sulfonamides is 1. The molecule has 0 radical (unpaired) electrons. The molecule has 0 aromatic carbocycles. The number of likely N-dealkylation sites (N-methyl/N-ethyl adjacent to an activating group) is 1. The van der Waals surface area contributed by atoms with Crippen LogP contribution in [0.2, 0.25) is 0 Å². The lowest BCUT2D eigenvalue weighted by atomic mass is 10.1. The SMILES string of the molecule is CN(C)C(=O)COC[C@@H]1CN(S(C)(=O)=O)Cc2cncn2C1. The summed E-state index contributed by atoms with van der Waals surface area (Å²) in [6.07, 6.45) is 4.57. The van der Waals surface area contributed by atoms with Crippen LogP contribution in [0.15, 0.2) is 12.5 Å². The van der Waals surface area contributed by atoms with Crippen molar-refractivity contribution in [2.75, 3.05) is 40.1 Å². The predicted octanol–water partition coefficient (Wildman–Crippen LogP) is -0.621. The van der Waals surface area contributed by atoms with Crippen molar-refractivity contribution in [2.45, 2.75) is 13.1 Å². The van der Waals surface area contributed by atoms with Crippen molar-refractivity contribution >= 4 is 15.9 Å². The Morgan fingerprint density at radius 3 is 2.82 bits per heavy atom. The summed E-state index contributed by atoms with van der Waals surface area (Å²) in [5.41, 5.74) is 0.859. The summed E-state index contributed by atoms with van der Waals surface area (Å²) in [6, 6.07) is 0. The van der Waals surface area contributed by atoms with E-state index in [1.54, 1.807) is 26.6 Å². The molecule has 2 heterocycles. The van der Waals surface area contributed by atoms with Crippen molar-refractivity contribution in [2.24, 2.45) is 5.92 Å². The molecule has 0 saturated heterocycles. The maximum atomic E-state index is 11.9. The number of aromatic nitrogens is 2. The maximum Gasteiger partial charge on any atom is 0.248 e. The van der Waals surface area contributed by atoms with Crippen molar-refractivity contribution < 1.29 is 17.9 Å². The number of fused-ring (bicyclic) bond motifs is 1. The molecule has 1 aliphatic heterocycles. The van der Waals surface area contributed by atoms with Gasteiger partial charge in [0.25, 0.3) is 0 Å². The van der Waals surface area contributed by atoms with Gasteiger partial charge in [-0.05, 0) is 0 Å². The van der Waals surface area contributed by atoms with Crippen molar-refractivity contribution in [3.63, 3.8) is 0 Å². The molecule has 0 unspecified atom stereocenters. The van der Waals surface area contributed by atoms with E-state index in [1.165, 1.54) is 15.5 Å². The van der Waals surface area contributed by atoms with E-state index < -0.39 is 10.0 Å². The third-order valence-electron chi connectivity index (χ3n) is 3.60. The van der Waals surface area contributed by atoms with Gasteiger partial charge in [-0.25, -0.2) is 13.4 Å². The van der Waals surface area contributed by atoms with E-state index in [9.17, 15) is 13.2 Å². The Kier molecular flexibility index (Phi) is 5.20. The Balaban J connectivity index is 2.03. The Bertz CT molecular complexity index is 626. The number of nitrogens with zero attached hydrogens (tertiary/aromatic N) is 4. The average Bonchev–Trinajstić information content (AvgIpc) is 2.76. The molecule has 0 N–H and O–H groups in total. The molecule has 22 heavy (non-hydrogen) atoms. The number of amides is 1. The van der Waals surface area contributed by atoms with Gasteiger partial charge >= 0.3 is 0 Å². The van der Waals surface area contributed by atoms with Gasteiger partial charge in [-0.3, -0.25) is 4.79 Å². The molecule has 1 amide bonds. The second-order valence-corrected chi connectivity index (χ2v) is 7.74. The number of carbonyl (C=O) groups is 1. The number of imidazole rings is 1. The Hall–Kier alpha value is -1.45. The smallest absolute Gasteiger partial charge is 0.248 e. The first-order valence-corrected chi connectivity index (χ1v) is 8.84. The molecule has 2 rings (SSSR count). The summed E-state index contributed by atoms with van der Waals surface area (Å²) in [6.45, 7) is 1.63. The number of rotatable bonds is 5. The molecule has 0 aliphatic carbocycles. The van der Waals surface area contributed by atoms with Crippen LogP contribution in [-0.2, 0) is 32.6 Å². The van der Waals surface area contributed by atoms with Crippen LogP contribution in [0.3, 0.4) is 0 Å². The van der Waals surface area contributed by atoms with Gasteiger partial charge in [0, 0.05) is 39.3 Å². The van der Waals surface area contributed by atoms with Gasteiger partial charge in [0.1, 0.15) is 6.61 Å². The monoisotopic (exact) mass is 330 g/mol. The number of carbonyl (C=O) groups excluding carboxylic acids is 1. The summed E-state index contributed by atoms with van der Waals surface area (Å²) < 4.78 is 32.6. The molecule has 0 bridgehead atoms. The van der Waals surface area contributed by atoms with Gasteiger partial charge in [0.05, 0.1) is 31.4 Å². The second kappa shape index (κ2) is 6.76. The van der Waals surface area contributed by atoms with Crippen LogP contribution >= 0.6 is 0 Å². The first-order valence-electron chi connectivity index (χ1n) is 6.99. The zero-order valence-corrected chi connectivity index (χ0v) is 13.9. The fraction of sp³-hybridized carbons (Fsp3) is 0.692. The lowest BCUT2D eigenvalue weighted by Crippen LogP contribution is -2.35. The normalized spacial score (nSPS) is 19.5. The molecule has 1 aliphatic rings. The van der Waals surface area contributed by atoms with Gasteiger partial charge in [-0.2, -0.15) is 4.31 Å². The van der Waals surface area contributed by atoms with Gasteiger partial charge < -0.3 is 14.2 Å². The van der Waals surface area contributed by atoms with Gasteiger partial charge in [-0.15, -0.1) is 0 Å². The van der Waals surface area contributed by atoms with Crippen molar-refractivity contribution in [3.8, 4) is 0 Å². The Morgan fingerprint density at radius 2 is 2.18 bits per heavy atom. The summed E-state index contributed by atoms with van der Waals surface area (Å²) in [5.74, 6) is -0.142. The van der Waals surface area contributed by atoms with E-state index >= 15 is 0 Å². The fourth-order valence-corrected chi connectivity index (χ4v) is 3.16. The number of ether oxygens (including phenoxy) is 1. The minimum Gasteiger partial charge on any atom is -0.371 e. The quantitative estimate of drug-likeness (QED) is 0.718. The van der Waals surface area contributed by atoms with Gasteiger partial charge in [-0.1, -0.05) is 0 Å². The summed E-state index contributed by atoms with van der Waals surface area (Å²) in [5, 5.41) is 0. The zero-order valence-electron chi connectivity index (χ0n) is 13.1. The highest BCUT2D eigenvalue weighted by atomic mass is 32.2. The van der Waals surface area contributed by atoms with Crippen LogP contribution in [0, 0.1) is 5.92 Å². The molecule has 0 spiro atoms. The van der Waals surface area contributed by atoms with E-state index in [0.29, 0.717) is 26.2 Å². The summed E-state index contributed by atoms with van der Waals surface area (Å²) >= 11 is 0. The first-order chi connectivity index (χ1) is 10.3. The molecule has 1 atom stereocenters. The average molecular weight is 330 g/mol. The molecule has 1 aromatic heterocycles. The van der Waals surface area contributed by atoms with Crippen molar-refractivity contribution in [1.29, 1.82) is 0 Å². The van der Waals surface area contributed by atoms with E-state index in [2.05, 4.69) is 4.98 Å². The molecule has 124 valence electrons. The standard InChI is InChI=1S/C13H22N4O4S/c1-15(2)13(18)9-21-8-11-5-16-10-14-4-12(16)7-17(6-11)22(3,19)20/h4,10-11H,5-9H2,1-3H3/t11-/m0/s1. The first kappa shape index (κ1) is 16.9. The number of hydrogen-bond acceptors (Lipinski definition) is 5. The maximum absolute atomic E-state index is 11.9. The van der Waals surface area contributed by atoms with Crippen LogP contribution in [0.1, 0.15) is 5.69 Å². The minimum absolute atomic E-state index is 0.000833. The van der Waals surface area contributed by atoms with E-state index in [1.807, 2.05) is 4.57 Å². The van der Waals surface area contributed by atoms with E-state index in [-0.39, 0.29) is 18.4 Å². The highest BCUT2D eigenvalue weighted by Crippen LogP contribution is 2.18. The van der Waals surface area contributed by atoms with Crippen molar-refractivity contribution in [1.82, 2.24) is 18.8 Å². The van der Waals surface area contributed by atoms with Crippen LogP contribution in [0.25, 0.3) is 0 Å². The topological polar surface area (TPSA) is 84.7 Å². The third-order valence-corrected chi connectivity index (χ3v) is 4.82. The molecular formula is C13H22N4O4S. The lowest BCUT2D eigenvalue weighted by molar-refractivity contribution is -0.134. The highest BCUT2D eigenvalue weighted by Gasteiger charge is 2.27. The Morgan fingerprint density at radius 1 is 1.45 bits per heavy atom. The molecule has 0 fully saturated rings. The van der Waals surface area contributed by atoms with Crippen LogP contribution in [0.4, 0.5) is 0 Å². The Labute approximate surface area is 130 Å². The van der Waals surface area contributed by atoms with Crippen LogP contribution < -0.4 is 0 Å². The van der Waals surface area contributed by atoms with Gasteiger partial charge in [0.15, 0.2) is 0 Å². The summed E-state index contributed by atoms with van der Waals surface area (Å²) in [7, 11) is 0.0383. The molecule has 8 nitrogen and oxygen atoms in total. The zero-order chi connectivity index (χ0) is 16.3. The van der Waals surface area contributed by atoms with Gasteiger partial charge in [0.2, 0.25) is 15.9 Å². The minimum atomic E-state index is -3.30. The summed E-state index contributed by atoms with van der Waals surface area (Å²) in [4.78, 5) is 17.0. The molecule has 1 aromatic rings. The molecule has 0 saturated carbocycles. The highest BCUT2D eigenvalue weighted by molar-refractivity contribution is 7.88. The van der Waals surface area contributed by atoms with E-state index in [4.69, 9.17) is 4.74 Å². The van der Waals surface area contributed by atoms with Crippen LogP contribution in [0.5, 0.6) is 0 Å². The third kappa shape index (κ3) is 4.28. The molecule has 9 heteroatoms. The predicted molar refractivity (Wildman–Crippen MR) is 80.5 cm³/mol. The van der Waals surface area contributed by atoms with Crippen molar-refractivity contribution in [3.05, 3.63) is 18.2 Å².